The molecule has 7 heteroatoms. The van der Waals surface area contributed by atoms with Crippen molar-refractivity contribution in [2.75, 3.05) is 7.11 Å². The van der Waals surface area contributed by atoms with E-state index < -0.39 is 41.7 Å². The molecule has 0 saturated heterocycles. The number of rotatable bonds is 3. The van der Waals surface area contributed by atoms with E-state index in [1.807, 2.05) is 0 Å². The van der Waals surface area contributed by atoms with Crippen LogP contribution in [0.1, 0.15) is 5.56 Å². The number of ether oxygens (including phenoxy) is 1. The lowest BCUT2D eigenvalue weighted by Crippen LogP contribution is -2.14. The Kier molecular flexibility index (Phi) is 4.35. The maximum Gasteiger partial charge on any atom is 0.416 e. The van der Waals surface area contributed by atoms with Crippen molar-refractivity contribution < 1.29 is 31.5 Å². The summed E-state index contributed by atoms with van der Waals surface area (Å²) >= 11 is 0. The van der Waals surface area contributed by atoms with Crippen LogP contribution in [0.15, 0.2) is 41.5 Å². The van der Waals surface area contributed by atoms with E-state index in [0.29, 0.717) is 6.08 Å². The molecule has 0 spiro atoms. The smallest absolute Gasteiger partial charge is 0.416 e. The highest BCUT2D eigenvalue weighted by Crippen LogP contribution is 2.37. The lowest BCUT2D eigenvalue weighted by Gasteiger charge is -2.13. The van der Waals surface area contributed by atoms with Crippen molar-refractivity contribution in [1.29, 1.82) is 0 Å². The van der Waals surface area contributed by atoms with Crippen LogP contribution in [0, 0.1) is 17.6 Å². The van der Waals surface area contributed by atoms with E-state index in [9.17, 15) is 26.7 Å². The lowest BCUT2D eigenvalue weighted by molar-refractivity contribution is -0.136. The second kappa shape index (κ2) is 5.90. The molecule has 0 aliphatic heterocycles. The number of halogens is 5. The van der Waals surface area contributed by atoms with Gasteiger partial charge in [0.1, 0.15) is 11.6 Å². The molecule has 1 aromatic carbocycles. The number of carbonyl (C=O) groups excluding carboxylic acids is 1. The van der Waals surface area contributed by atoms with E-state index in [2.05, 4.69) is 4.74 Å². The van der Waals surface area contributed by atoms with Gasteiger partial charge in [0, 0.05) is 17.1 Å². The molecular weight excluding hydrogens is 307 g/mol. The maximum absolute atomic E-state index is 13.6. The van der Waals surface area contributed by atoms with E-state index in [4.69, 9.17) is 0 Å². The molecule has 1 unspecified atom stereocenters. The first-order valence-corrected chi connectivity index (χ1v) is 6.26. The molecule has 118 valence electrons. The van der Waals surface area contributed by atoms with Crippen LogP contribution in [0.2, 0.25) is 0 Å². The van der Waals surface area contributed by atoms with Crippen molar-refractivity contribution >= 4 is 5.97 Å². The van der Waals surface area contributed by atoms with Gasteiger partial charge in [-0.3, -0.25) is 0 Å². The van der Waals surface area contributed by atoms with Crippen molar-refractivity contribution in [3.8, 4) is 0 Å². The van der Waals surface area contributed by atoms with E-state index in [0.717, 1.165) is 31.4 Å². The Bertz CT molecular complexity index is 638. The third kappa shape index (κ3) is 3.18. The Morgan fingerprint density at radius 1 is 1.23 bits per heavy atom. The molecule has 2 rings (SSSR count). The van der Waals surface area contributed by atoms with Gasteiger partial charge in [-0.25, -0.2) is 13.6 Å². The highest BCUT2D eigenvalue weighted by Gasteiger charge is 2.39. The highest BCUT2D eigenvalue weighted by atomic mass is 19.4. The number of hydrogen-bond donors (Lipinski definition) is 0. The number of esters is 1. The Labute approximate surface area is 122 Å². The summed E-state index contributed by atoms with van der Waals surface area (Å²) in [6.07, 6.45) is -3.63. The van der Waals surface area contributed by atoms with Crippen LogP contribution in [0.4, 0.5) is 22.0 Å². The molecule has 0 fully saturated rings. The Morgan fingerprint density at radius 2 is 1.82 bits per heavy atom. The van der Waals surface area contributed by atoms with Crippen molar-refractivity contribution in [2.45, 2.75) is 12.6 Å². The minimum Gasteiger partial charge on any atom is -0.466 e. The standard InChI is InChI=1S/C15H11F5O2/c1-22-14(21)10-7-9(15(18,19)20)5-8(10)6-11-12(16)3-2-4-13(11)17/h2-5,7-8H,6H2,1H3. The highest BCUT2D eigenvalue weighted by molar-refractivity contribution is 5.91. The van der Waals surface area contributed by atoms with Gasteiger partial charge in [-0.15, -0.1) is 0 Å². The summed E-state index contributed by atoms with van der Waals surface area (Å²) in [6.45, 7) is 0. The van der Waals surface area contributed by atoms with Gasteiger partial charge >= 0.3 is 12.1 Å². The normalized spacial score (nSPS) is 18.0. The van der Waals surface area contributed by atoms with Gasteiger partial charge in [0.15, 0.2) is 0 Å². The molecule has 0 aromatic heterocycles. The first-order chi connectivity index (χ1) is 10.2. The molecular formula is C15H11F5O2. The van der Waals surface area contributed by atoms with Gasteiger partial charge in [-0.2, -0.15) is 13.2 Å². The molecule has 0 radical (unpaired) electrons. The van der Waals surface area contributed by atoms with Crippen LogP contribution < -0.4 is 0 Å². The van der Waals surface area contributed by atoms with Crippen molar-refractivity contribution in [2.24, 2.45) is 5.92 Å². The summed E-state index contributed by atoms with van der Waals surface area (Å²) in [6, 6.07) is 3.16. The minimum atomic E-state index is -4.65. The molecule has 1 aliphatic carbocycles. The van der Waals surface area contributed by atoms with E-state index >= 15 is 0 Å². The second-order valence-corrected chi connectivity index (χ2v) is 4.72. The lowest BCUT2D eigenvalue weighted by atomic mass is 9.94. The van der Waals surface area contributed by atoms with Crippen molar-refractivity contribution in [3.63, 3.8) is 0 Å². The monoisotopic (exact) mass is 318 g/mol. The zero-order valence-electron chi connectivity index (χ0n) is 11.4. The molecule has 1 atom stereocenters. The molecule has 0 saturated carbocycles. The maximum atomic E-state index is 13.6. The largest absolute Gasteiger partial charge is 0.466 e. The molecule has 1 aromatic rings. The predicted molar refractivity (Wildman–Crippen MR) is 67.8 cm³/mol. The number of allylic oxidation sites excluding steroid dienone is 3. The third-order valence-electron chi connectivity index (χ3n) is 3.33. The van der Waals surface area contributed by atoms with E-state index in [1.54, 1.807) is 0 Å². The topological polar surface area (TPSA) is 26.3 Å². The number of carbonyl (C=O) groups is 1. The summed E-state index contributed by atoms with van der Waals surface area (Å²) in [7, 11) is 1.02. The number of benzene rings is 1. The molecule has 0 heterocycles. The zero-order valence-corrected chi connectivity index (χ0v) is 11.4. The Balaban J connectivity index is 2.38. The molecule has 2 nitrogen and oxygen atoms in total. The molecule has 0 amide bonds. The van der Waals surface area contributed by atoms with Crippen molar-refractivity contribution in [3.05, 3.63) is 58.7 Å². The summed E-state index contributed by atoms with van der Waals surface area (Å²) in [5.41, 5.74) is -1.69. The molecule has 1 aliphatic rings. The SMILES string of the molecule is COC(=O)C1=CC(C(F)(F)F)=CC1Cc1c(F)cccc1F. The van der Waals surface area contributed by atoms with Crippen LogP contribution in [-0.4, -0.2) is 19.3 Å². The van der Waals surface area contributed by atoms with Gasteiger partial charge in [0.2, 0.25) is 0 Å². The first kappa shape index (κ1) is 16.2. The molecule has 0 bridgehead atoms. The average molecular weight is 318 g/mol. The van der Waals surface area contributed by atoms with Crippen LogP contribution in [0.5, 0.6) is 0 Å². The van der Waals surface area contributed by atoms with Crippen LogP contribution >= 0.6 is 0 Å². The van der Waals surface area contributed by atoms with Crippen LogP contribution in [0.3, 0.4) is 0 Å². The number of hydrogen-bond acceptors (Lipinski definition) is 2. The van der Waals surface area contributed by atoms with Gasteiger partial charge in [0.25, 0.3) is 0 Å². The van der Waals surface area contributed by atoms with Gasteiger partial charge in [0.05, 0.1) is 12.7 Å². The fourth-order valence-corrected chi connectivity index (χ4v) is 2.25. The summed E-state index contributed by atoms with van der Waals surface area (Å²) in [5.74, 6) is -3.82. The van der Waals surface area contributed by atoms with E-state index in [-0.39, 0.29) is 11.1 Å². The average Bonchev–Trinajstić information content (AvgIpc) is 2.86. The minimum absolute atomic E-state index is 0.280. The number of methoxy groups -OCH3 is 1. The Hall–Kier alpha value is -2.18. The molecule has 0 N–H and O–H groups in total. The predicted octanol–water partition coefficient (Wildman–Crippen LogP) is 3.73. The van der Waals surface area contributed by atoms with Crippen molar-refractivity contribution in [1.82, 2.24) is 0 Å². The number of alkyl halides is 3. The molecule has 22 heavy (non-hydrogen) atoms. The van der Waals surface area contributed by atoms with Crippen LogP contribution in [0.25, 0.3) is 0 Å². The fraction of sp³-hybridized carbons (Fsp3) is 0.267. The summed E-state index contributed by atoms with van der Waals surface area (Å²) in [5, 5.41) is 0. The third-order valence-corrected chi connectivity index (χ3v) is 3.33. The van der Waals surface area contributed by atoms with E-state index in [1.165, 1.54) is 0 Å². The summed E-state index contributed by atoms with van der Waals surface area (Å²) in [4.78, 5) is 11.6. The van der Waals surface area contributed by atoms with Crippen LogP contribution in [-0.2, 0) is 16.0 Å². The van der Waals surface area contributed by atoms with Gasteiger partial charge in [-0.05, 0) is 24.6 Å². The fourth-order valence-electron chi connectivity index (χ4n) is 2.25. The zero-order chi connectivity index (χ0) is 16.5. The second-order valence-electron chi connectivity index (χ2n) is 4.72. The summed E-state index contributed by atoms with van der Waals surface area (Å²) < 4.78 is 70.0. The quantitative estimate of drug-likeness (QED) is 0.627. The first-order valence-electron chi connectivity index (χ1n) is 6.26. The van der Waals surface area contributed by atoms with Gasteiger partial charge in [-0.1, -0.05) is 12.1 Å². The Morgan fingerprint density at radius 3 is 2.32 bits per heavy atom. The van der Waals surface area contributed by atoms with Gasteiger partial charge < -0.3 is 4.74 Å².